The molecule has 0 spiro atoms. The molecule has 8 heteroatoms. The van der Waals surface area contributed by atoms with Gasteiger partial charge in [0.05, 0.1) is 18.6 Å². The van der Waals surface area contributed by atoms with Crippen molar-refractivity contribution in [2.24, 2.45) is 5.92 Å². The fourth-order valence-electron chi connectivity index (χ4n) is 1.93. The van der Waals surface area contributed by atoms with Crippen LogP contribution in [0.4, 0.5) is 5.82 Å². The minimum atomic E-state index is -0.510. The summed E-state index contributed by atoms with van der Waals surface area (Å²) < 4.78 is 6.87. The Bertz CT molecular complexity index is 557. The summed E-state index contributed by atoms with van der Waals surface area (Å²) in [6.07, 6.45) is 2.19. The van der Waals surface area contributed by atoms with Gasteiger partial charge in [-0.15, -0.1) is 0 Å². The van der Waals surface area contributed by atoms with Crippen LogP contribution < -0.4 is 11.2 Å². The van der Waals surface area contributed by atoms with Crippen molar-refractivity contribution in [1.82, 2.24) is 9.55 Å². The number of nitrogens with zero attached hydrogens (tertiary/aromatic N) is 2. The van der Waals surface area contributed by atoms with E-state index in [2.05, 4.69) is 10.5 Å². The lowest BCUT2D eigenvalue weighted by Crippen LogP contribution is -2.28. The normalized spacial score (nSPS) is 21.5. The average Bonchev–Trinajstić information content (AvgIpc) is 2.93. The summed E-state index contributed by atoms with van der Waals surface area (Å²) in [5.74, 6) is -0.562. The van der Waals surface area contributed by atoms with Crippen molar-refractivity contribution < 1.29 is 19.5 Å². The van der Waals surface area contributed by atoms with Crippen molar-refractivity contribution in [3.05, 3.63) is 22.7 Å². The second kappa shape index (κ2) is 6.68. The van der Waals surface area contributed by atoms with Crippen LogP contribution in [0.15, 0.2) is 17.1 Å². The van der Waals surface area contributed by atoms with Gasteiger partial charge >= 0.3 is 11.7 Å². The zero-order valence-corrected chi connectivity index (χ0v) is 12.0. The molecule has 1 aromatic rings. The van der Waals surface area contributed by atoms with Crippen molar-refractivity contribution in [2.45, 2.75) is 39.0 Å². The Labute approximate surface area is 121 Å². The first-order valence-corrected chi connectivity index (χ1v) is 6.83. The molecular formula is C13H19N3O5. The van der Waals surface area contributed by atoms with Crippen molar-refractivity contribution in [3.8, 4) is 0 Å². The molecule has 1 fully saturated rings. The van der Waals surface area contributed by atoms with Gasteiger partial charge in [0, 0.05) is 12.3 Å². The topological polar surface area (TPSA) is 103 Å². The molecule has 0 saturated carbocycles. The van der Waals surface area contributed by atoms with Gasteiger partial charge in [-0.1, -0.05) is 13.8 Å². The van der Waals surface area contributed by atoms with Crippen molar-refractivity contribution in [1.29, 1.82) is 0 Å². The third-order valence-corrected chi connectivity index (χ3v) is 3.16. The number of ether oxygens (including phenoxy) is 1. The van der Waals surface area contributed by atoms with Gasteiger partial charge in [-0.2, -0.15) is 4.98 Å². The average molecular weight is 297 g/mol. The fourth-order valence-corrected chi connectivity index (χ4v) is 1.93. The van der Waals surface area contributed by atoms with E-state index in [0.717, 1.165) is 0 Å². The van der Waals surface area contributed by atoms with E-state index in [-0.39, 0.29) is 24.4 Å². The van der Waals surface area contributed by atoms with Crippen LogP contribution in [0.25, 0.3) is 0 Å². The van der Waals surface area contributed by atoms with Crippen LogP contribution >= 0.6 is 0 Å². The van der Waals surface area contributed by atoms with Crippen LogP contribution in [0.3, 0.4) is 0 Å². The summed E-state index contributed by atoms with van der Waals surface area (Å²) in [4.78, 5) is 31.8. The maximum Gasteiger partial charge on any atom is 0.351 e. The van der Waals surface area contributed by atoms with Crippen molar-refractivity contribution in [3.63, 3.8) is 0 Å². The lowest BCUT2D eigenvalue weighted by molar-refractivity contribution is -0.144. The van der Waals surface area contributed by atoms with E-state index >= 15 is 0 Å². The van der Waals surface area contributed by atoms with Crippen LogP contribution in [0, 0.1) is 5.92 Å². The van der Waals surface area contributed by atoms with Crippen LogP contribution in [0.2, 0.25) is 0 Å². The third kappa shape index (κ3) is 3.79. The van der Waals surface area contributed by atoms with Gasteiger partial charge in [-0.25, -0.2) is 15.1 Å². The Morgan fingerprint density at radius 2 is 2.38 bits per heavy atom. The van der Waals surface area contributed by atoms with E-state index < -0.39 is 17.9 Å². The highest BCUT2D eigenvalue weighted by molar-refractivity contribution is 5.72. The summed E-state index contributed by atoms with van der Waals surface area (Å²) in [5, 5.41) is 9.02. The number of rotatable bonds is 5. The SMILES string of the molecule is CC(C)C(=O)ONc1ccn([C@H]2CC[C@@H](CO)O2)c(=O)n1. The molecular weight excluding hydrogens is 278 g/mol. The van der Waals surface area contributed by atoms with E-state index in [1.54, 1.807) is 13.8 Å². The second-order valence-electron chi connectivity index (χ2n) is 5.15. The first-order valence-electron chi connectivity index (χ1n) is 6.83. The summed E-state index contributed by atoms with van der Waals surface area (Å²) in [7, 11) is 0. The van der Waals surface area contributed by atoms with Gasteiger partial charge in [-0.3, -0.25) is 4.57 Å². The zero-order chi connectivity index (χ0) is 15.4. The van der Waals surface area contributed by atoms with Crippen LogP contribution in [-0.4, -0.2) is 33.3 Å². The van der Waals surface area contributed by atoms with Gasteiger partial charge < -0.3 is 14.7 Å². The largest absolute Gasteiger partial charge is 0.394 e. The van der Waals surface area contributed by atoms with E-state index in [1.807, 2.05) is 0 Å². The summed E-state index contributed by atoms with van der Waals surface area (Å²) in [6, 6.07) is 1.52. The maximum absolute atomic E-state index is 11.9. The molecule has 0 aliphatic carbocycles. The quantitative estimate of drug-likeness (QED) is 0.760. The molecule has 0 bridgehead atoms. The molecule has 2 rings (SSSR count). The number of aliphatic hydroxyl groups excluding tert-OH is 1. The summed E-state index contributed by atoms with van der Waals surface area (Å²) in [6.45, 7) is 3.33. The number of hydrogen-bond acceptors (Lipinski definition) is 7. The van der Waals surface area contributed by atoms with E-state index in [9.17, 15) is 9.59 Å². The third-order valence-electron chi connectivity index (χ3n) is 3.16. The molecule has 1 saturated heterocycles. The Hall–Kier alpha value is -1.93. The van der Waals surface area contributed by atoms with Gasteiger partial charge in [0.1, 0.15) is 6.23 Å². The highest BCUT2D eigenvalue weighted by Gasteiger charge is 2.26. The smallest absolute Gasteiger partial charge is 0.351 e. The Kier molecular flexibility index (Phi) is 4.92. The van der Waals surface area contributed by atoms with E-state index in [4.69, 9.17) is 14.7 Å². The van der Waals surface area contributed by atoms with Crippen LogP contribution in [0.1, 0.15) is 32.9 Å². The number of aliphatic hydroxyl groups is 1. The molecule has 0 unspecified atom stereocenters. The lowest BCUT2D eigenvalue weighted by atomic mass is 10.2. The predicted octanol–water partition coefficient (Wildman–Crippen LogP) is 0.439. The molecule has 8 nitrogen and oxygen atoms in total. The monoisotopic (exact) mass is 297 g/mol. The van der Waals surface area contributed by atoms with Crippen LogP contribution in [-0.2, 0) is 14.4 Å². The number of aromatic nitrogens is 2. The number of carbonyl (C=O) groups excluding carboxylic acids is 1. The molecule has 1 aliphatic rings. The molecule has 0 radical (unpaired) electrons. The lowest BCUT2D eigenvalue weighted by Gasteiger charge is -2.15. The fraction of sp³-hybridized carbons (Fsp3) is 0.615. The van der Waals surface area contributed by atoms with Gasteiger partial charge in [0.2, 0.25) is 0 Å². The van der Waals surface area contributed by atoms with Gasteiger partial charge in [0.15, 0.2) is 5.82 Å². The number of anilines is 1. The van der Waals surface area contributed by atoms with Crippen molar-refractivity contribution in [2.75, 3.05) is 12.1 Å². The molecule has 1 aromatic heterocycles. The van der Waals surface area contributed by atoms with E-state index in [1.165, 1.54) is 16.8 Å². The first kappa shape index (κ1) is 15.5. The maximum atomic E-state index is 11.9. The molecule has 0 amide bonds. The highest BCUT2D eigenvalue weighted by Crippen LogP contribution is 2.26. The number of hydrogen-bond donors (Lipinski definition) is 2. The number of carbonyl (C=O) groups is 1. The standard InChI is InChI=1S/C13H19N3O5/c1-8(2)12(18)21-15-10-5-6-16(13(19)14-10)11-4-3-9(7-17)20-11/h5-6,8-9,11,17H,3-4,7H2,1-2H3,(H,14,15,19)/t9-,11+/m0/s1. The van der Waals surface area contributed by atoms with E-state index in [0.29, 0.717) is 12.8 Å². The molecule has 0 aromatic carbocycles. The first-order chi connectivity index (χ1) is 10.0. The molecule has 21 heavy (non-hydrogen) atoms. The molecule has 116 valence electrons. The Morgan fingerprint density at radius 3 is 2.95 bits per heavy atom. The number of nitrogens with one attached hydrogen (secondary N) is 1. The summed E-state index contributed by atoms with van der Waals surface area (Å²) in [5.41, 5.74) is 1.84. The van der Waals surface area contributed by atoms with Gasteiger partial charge in [0.25, 0.3) is 0 Å². The minimum absolute atomic E-state index is 0.0660. The highest BCUT2D eigenvalue weighted by atomic mass is 16.7. The predicted molar refractivity (Wildman–Crippen MR) is 73.3 cm³/mol. The molecule has 1 aliphatic heterocycles. The summed E-state index contributed by atoms with van der Waals surface area (Å²) >= 11 is 0. The molecule has 2 N–H and O–H groups in total. The second-order valence-corrected chi connectivity index (χ2v) is 5.15. The van der Waals surface area contributed by atoms with Crippen molar-refractivity contribution >= 4 is 11.8 Å². The Balaban J connectivity index is 2.01. The minimum Gasteiger partial charge on any atom is -0.394 e. The van der Waals surface area contributed by atoms with Gasteiger partial charge in [-0.05, 0) is 12.8 Å². The molecule has 2 atom stereocenters. The zero-order valence-electron chi connectivity index (χ0n) is 12.0. The molecule has 2 heterocycles. The van der Waals surface area contributed by atoms with Crippen LogP contribution in [0.5, 0.6) is 0 Å². The Morgan fingerprint density at radius 1 is 1.62 bits per heavy atom.